The van der Waals surface area contributed by atoms with Crippen molar-refractivity contribution in [2.45, 2.75) is 45.2 Å². The van der Waals surface area contributed by atoms with E-state index in [1.165, 1.54) is 12.2 Å². The molecule has 2 aromatic rings. The number of likely N-dealkylation sites (tertiary alicyclic amines) is 1. The van der Waals surface area contributed by atoms with E-state index in [1.54, 1.807) is 0 Å². The Bertz CT molecular complexity index is 687. The zero-order chi connectivity index (χ0) is 14.7. The molecule has 2 aromatic heterocycles. The van der Waals surface area contributed by atoms with Crippen LogP contribution in [0.1, 0.15) is 37.6 Å². The normalized spacial score (nSPS) is 25.7. The number of fused-ring (bicyclic) bond motifs is 3. The van der Waals surface area contributed by atoms with Crippen LogP contribution in [0.4, 0.5) is 5.82 Å². The molecule has 112 valence electrons. The maximum absolute atomic E-state index is 4.77. The van der Waals surface area contributed by atoms with Gasteiger partial charge in [-0.3, -0.25) is 4.90 Å². The molecule has 0 aliphatic carbocycles. The number of hydrogen-bond acceptors (Lipinski definition) is 4. The van der Waals surface area contributed by atoms with Crippen molar-refractivity contribution in [2.75, 3.05) is 25.0 Å². The second kappa shape index (κ2) is 4.44. The number of rotatable bonds is 2. The van der Waals surface area contributed by atoms with Crippen molar-refractivity contribution < 1.29 is 0 Å². The molecule has 0 amide bonds. The van der Waals surface area contributed by atoms with Crippen LogP contribution in [-0.4, -0.2) is 51.7 Å². The van der Waals surface area contributed by atoms with Gasteiger partial charge in [-0.05, 0) is 26.3 Å². The van der Waals surface area contributed by atoms with Gasteiger partial charge in [0.05, 0.1) is 5.69 Å². The maximum atomic E-state index is 4.77. The van der Waals surface area contributed by atoms with Gasteiger partial charge in [0.25, 0.3) is 0 Å². The van der Waals surface area contributed by atoms with E-state index in [0.29, 0.717) is 18.0 Å². The highest BCUT2D eigenvalue weighted by molar-refractivity contribution is 5.54. The molecule has 2 saturated heterocycles. The van der Waals surface area contributed by atoms with Gasteiger partial charge in [0, 0.05) is 43.0 Å². The van der Waals surface area contributed by atoms with Crippen molar-refractivity contribution in [3.05, 3.63) is 23.5 Å². The molecule has 2 atom stereocenters. The highest BCUT2D eigenvalue weighted by Crippen LogP contribution is 2.34. The first-order valence-corrected chi connectivity index (χ1v) is 7.87. The molecule has 0 radical (unpaired) electrons. The third-order valence-electron chi connectivity index (χ3n) is 4.95. The Morgan fingerprint density at radius 2 is 2.00 bits per heavy atom. The van der Waals surface area contributed by atoms with Crippen molar-refractivity contribution >= 4 is 11.5 Å². The highest BCUT2D eigenvalue weighted by Gasteiger charge is 2.42. The molecule has 2 aliphatic heterocycles. The summed E-state index contributed by atoms with van der Waals surface area (Å²) in [6, 6.07) is 5.63. The lowest BCUT2D eigenvalue weighted by Crippen LogP contribution is -2.45. The first kappa shape index (κ1) is 13.1. The fourth-order valence-corrected chi connectivity index (χ4v) is 3.74. The van der Waals surface area contributed by atoms with Crippen LogP contribution >= 0.6 is 0 Å². The summed E-state index contributed by atoms with van der Waals surface area (Å²) in [6.45, 7) is 8.71. The molecule has 2 bridgehead atoms. The van der Waals surface area contributed by atoms with Gasteiger partial charge in [-0.15, -0.1) is 0 Å². The topological polar surface area (TPSA) is 36.7 Å². The lowest BCUT2D eigenvalue weighted by molar-refractivity contribution is 0.291. The van der Waals surface area contributed by atoms with Crippen LogP contribution < -0.4 is 4.90 Å². The average molecular weight is 285 g/mol. The lowest BCUT2D eigenvalue weighted by Gasteiger charge is -2.33. The van der Waals surface area contributed by atoms with Crippen LogP contribution in [0, 0.1) is 6.92 Å². The Morgan fingerprint density at radius 1 is 1.19 bits per heavy atom. The minimum Gasteiger partial charge on any atom is -0.351 e. The van der Waals surface area contributed by atoms with Crippen molar-refractivity contribution in [1.82, 2.24) is 19.5 Å². The van der Waals surface area contributed by atoms with E-state index in [4.69, 9.17) is 4.98 Å². The first-order chi connectivity index (χ1) is 10.0. The fraction of sp³-hybridized carbons (Fsp3) is 0.625. The number of nitrogens with zero attached hydrogens (tertiary/aromatic N) is 5. The van der Waals surface area contributed by atoms with Crippen LogP contribution in [0.15, 0.2) is 12.1 Å². The Labute approximate surface area is 125 Å². The van der Waals surface area contributed by atoms with Gasteiger partial charge in [0.15, 0.2) is 5.65 Å². The first-order valence-electron chi connectivity index (χ1n) is 7.87. The molecule has 0 saturated carbocycles. The van der Waals surface area contributed by atoms with Crippen LogP contribution in [0.5, 0.6) is 0 Å². The van der Waals surface area contributed by atoms with E-state index in [0.717, 1.165) is 30.1 Å². The standard InChI is InChI=1S/C16H23N5/c1-10(2)14-7-16(21-15(17-14)5-11(3)18-21)20-9-12-6-13(20)8-19(12)4/h5,7,10,12-13H,6,8-9H2,1-4H3/t12-,13-/m0/s1. The van der Waals surface area contributed by atoms with Gasteiger partial charge in [-0.2, -0.15) is 9.61 Å². The van der Waals surface area contributed by atoms with Crippen LogP contribution in [0.25, 0.3) is 5.65 Å². The highest BCUT2D eigenvalue weighted by atomic mass is 15.4. The molecule has 5 heteroatoms. The smallest absolute Gasteiger partial charge is 0.157 e. The minimum absolute atomic E-state index is 0.437. The van der Waals surface area contributed by atoms with Gasteiger partial charge in [-0.1, -0.05) is 13.8 Å². The Kier molecular flexibility index (Phi) is 2.76. The van der Waals surface area contributed by atoms with Crippen molar-refractivity contribution in [3.63, 3.8) is 0 Å². The maximum Gasteiger partial charge on any atom is 0.157 e. The van der Waals surface area contributed by atoms with E-state index in [9.17, 15) is 0 Å². The summed E-state index contributed by atoms with van der Waals surface area (Å²) in [5.74, 6) is 1.66. The zero-order valence-electron chi connectivity index (χ0n) is 13.2. The van der Waals surface area contributed by atoms with Gasteiger partial charge < -0.3 is 4.90 Å². The second-order valence-corrected chi connectivity index (χ2v) is 6.88. The molecule has 4 heterocycles. The Balaban J connectivity index is 1.84. The van der Waals surface area contributed by atoms with E-state index >= 15 is 0 Å². The summed E-state index contributed by atoms with van der Waals surface area (Å²) >= 11 is 0. The van der Waals surface area contributed by atoms with Crippen LogP contribution in [0.3, 0.4) is 0 Å². The number of piperazine rings is 1. The third-order valence-corrected chi connectivity index (χ3v) is 4.95. The molecular weight excluding hydrogens is 262 g/mol. The van der Waals surface area contributed by atoms with Crippen molar-refractivity contribution in [1.29, 1.82) is 0 Å². The largest absolute Gasteiger partial charge is 0.351 e. The van der Waals surface area contributed by atoms with E-state index in [-0.39, 0.29) is 0 Å². The second-order valence-electron chi connectivity index (χ2n) is 6.88. The Morgan fingerprint density at radius 3 is 2.62 bits per heavy atom. The number of anilines is 1. The number of aryl methyl sites for hydroxylation is 1. The Hall–Kier alpha value is -1.62. The predicted molar refractivity (Wildman–Crippen MR) is 84.0 cm³/mol. The van der Waals surface area contributed by atoms with Gasteiger partial charge in [-0.25, -0.2) is 4.98 Å². The summed E-state index contributed by atoms with van der Waals surface area (Å²) < 4.78 is 2.03. The fourth-order valence-electron chi connectivity index (χ4n) is 3.74. The molecule has 0 unspecified atom stereocenters. The molecule has 21 heavy (non-hydrogen) atoms. The summed E-state index contributed by atoms with van der Waals surface area (Å²) in [7, 11) is 2.24. The molecule has 0 aromatic carbocycles. The summed E-state index contributed by atoms with van der Waals surface area (Å²) in [5, 5.41) is 4.66. The molecule has 0 spiro atoms. The molecule has 2 fully saturated rings. The average Bonchev–Trinajstić information content (AvgIpc) is 3.08. The van der Waals surface area contributed by atoms with Gasteiger partial charge >= 0.3 is 0 Å². The lowest BCUT2D eigenvalue weighted by atomic mass is 10.1. The van der Waals surface area contributed by atoms with Gasteiger partial charge in [0.2, 0.25) is 0 Å². The van der Waals surface area contributed by atoms with Crippen LogP contribution in [0.2, 0.25) is 0 Å². The quantitative estimate of drug-likeness (QED) is 0.846. The minimum atomic E-state index is 0.437. The number of aromatic nitrogens is 3. The van der Waals surface area contributed by atoms with E-state index in [2.05, 4.69) is 47.9 Å². The zero-order valence-corrected chi connectivity index (χ0v) is 13.2. The molecule has 2 aliphatic rings. The van der Waals surface area contributed by atoms with Crippen LogP contribution in [-0.2, 0) is 0 Å². The molecule has 4 rings (SSSR count). The van der Waals surface area contributed by atoms with Crippen molar-refractivity contribution in [2.24, 2.45) is 0 Å². The summed E-state index contributed by atoms with van der Waals surface area (Å²) in [5.41, 5.74) is 3.17. The molecular formula is C16H23N5. The molecule has 0 N–H and O–H groups in total. The monoisotopic (exact) mass is 285 g/mol. The van der Waals surface area contributed by atoms with E-state index in [1.807, 2.05) is 11.4 Å². The SMILES string of the molecule is Cc1cc2nc(C(C)C)cc(N3C[C@@H]4C[C@H]3CN4C)n2n1. The summed E-state index contributed by atoms with van der Waals surface area (Å²) in [6.07, 6.45) is 1.28. The third kappa shape index (κ3) is 1.94. The molecule has 5 nitrogen and oxygen atoms in total. The van der Waals surface area contributed by atoms with E-state index < -0.39 is 0 Å². The summed E-state index contributed by atoms with van der Waals surface area (Å²) in [4.78, 5) is 9.79. The van der Waals surface area contributed by atoms with Gasteiger partial charge in [0.1, 0.15) is 5.82 Å². The predicted octanol–water partition coefficient (Wildman–Crippen LogP) is 2.05. The number of hydrogen-bond donors (Lipinski definition) is 0. The van der Waals surface area contributed by atoms with Crippen molar-refractivity contribution in [3.8, 4) is 0 Å². The number of likely N-dealkylation sites (N-methyl/N-ethyl adjacent to an activating group) is 1.